The molecule has 6 heteroatoms. The number of amides is 1. The summed E-state index contributed by atoms with van der Waals surface area (Å²) in [5.74, 6) is 0.443. The Morgan fingerprint density at radius 1 is 1.12 bits per heavy atom. The molecular formula is C20H17N3O3. The molecule has 130 valence electrons. The fraction of sp³-hybridized carbons (Fsp3) is 0.100. The average molecular weight is 347 g/mol. The number of fused-ring (bicyclic) bond motifs is 1. The van der Waals surface area contributed by atoms with Gasteiger partial charge in [-0.25, -0.2) is 0 Å². The predicted molar refractivity (Wildman–Crippen MR) is 98.0 cm³/mol. The van der Waals surface area contributed by atoms with Crippen molar-refractivity contribution < 1.29 is 14.3 Å². The topological polar surface area (TPSA) is 78.1 Å². The van der Waals surface area contributed by atoms with E-state index in [1.54, 1.807) is 49.6 Å². The third-order valence-electron chi connectivity index (χ3n) is 4.27. The molecule has 2 aromatic carbocycles. The van der Waals surface area contributed by atoms with Crippen LogP contribution in [0.2, 0.25) is 0 Å². The number of hydrazone groups is 1. The summed E-state index contributed by atoms with van der Waals surface area (Å²) in [7, 11) is 0. The first-order valence-corrected chi connectivity index (χ1v) is 8.21. The van der Waals surface area contributed by atoms with Gasteiger partial charge in [-0.1, -0.05) is 24.3 Å². The van der Waals surface area contributed by atoms with Gasteiger partial charge in [-0.15, -0.1) is 0 Å². The van der Waals surface area contributed by atoms with Crippen molar-refractivity contribution in [3.05, 3.63) is 83.8 Å². The number of phenolic OH excluding ortho intramolecular Hbond substituents is 1. The molecule has 0 aliphatic carbocycles. The van der Waals surface area contributed by atoms with Crippen molar-refractivity contribution in [2.75, 3.05) is 5.32 Å². The molecule has 4 rings (SSSR count). The van der Waals surface area contributed by atoms with E-state index in [1.807, 2.05) is 24.3 Å². The molecule has 3 aromatic rings. The third kappa shape index (κ3) is 2.71. The van der Waals surface area contributed by atoms with E-state index in [9.17, 15) is 9.90 Å². The zero-order valence-corrected chi connectivity index (χ0v) is 14.1. The van der Waals surface area contributed by atoms with Crippen LogP contribution in [0.25, 0.3) is 0 Å². The molecule has 1 unspecified atom stereocenters. The van der Waals surface area contributed by atoms with Gasteiger partial charge in [-0.05, 0) is 43.3 Å². The van der Waals surface area contributed by atoms with Crippen LogP contribution in [0.1, 0.15) is 34.8 Å². The smallest absolute Gasteiger partial charge is 0.278 e. The molecule has 0 saturated heterocycles. The maximum atomic E-state index is 13.0. The Labute approximate surface area is 150 Å². The predicted octanol–water partition coefficient (Wildman–Crippen LogP) is 3.98. The van der Waals surface area contributed by atoms with Crippen LogP contribution < -0.4 is 5.32 Å². The van der Waals surface area contributed by atoms with E-state index in [0.717, 1.165) is 5.69 Å². The molecule has 1 atom stereocenters. The van der Waals surface area contributed by atoms with Gasteiger partial charge in [-0.3, -0.25) is 4.79 Å². The minimum absolute atomic E-state index is 0.112. The first kappa shape index (κ1) is 16.0. The molecule has 0 fully saturated rings. The zero-order valence-electron chi connectivity index (χ0n) is 14.1. The largest absolute Gasteiger partial charge is 0.507 e. The van der Waals surface area contributed by atoms with E-state index < -0.39 is 6.17 Å². The highest BCUT2D eigenvalue weighted by atomic mass is 16.3. The second-order valence-corrected chi connectivity index (χ2v) is 5.96. The second-order valence-electron chi connectivity index (χ2n) is 5.96. The van der Waals surface area contributed by atoms with E-state index in [0.29, 0.717) is 22.6 Å². The number of anilines is 1. The average Bonchev–Trinajstić information content (AvgIpc) is 3.18. The van der Waals surface area contributed by atoms with Crippen LogP contribution in [0.5, 0.6) is 5.75 Å². The molecule has 6 nitrogen and oxygen atoms in total. The van der Waals surface area contributed by atoms with Gasteiger partial charge in [0.2, 0.25) is 0 Å². The minimum Gasteiger partial charge on any atom is -0.507 e. The molecule has 0 bridgehead atoms. The molecule has 1 aliphatic rings. The molecule has 26 heavy (non-hydrogen) atoms. The van der Waals surface area contributed by atoms with Gasteiger partial charge < -0.3 is 14.8 Å². The number of benzene rings is 2. The number of nitrogens with zero attached hydrogens (tertiary/aromatic N) is 2. The van der Waals surface area contributed by atoms with E-state index in [4.69, 9.17) is 4.42 Å². The first-order chi connectivity index (χ1) is 12.6. The highest BCUT2D eigenvalue weighted by Gasteiger charge is 2.34. The van der Waals surface area contributed by atoms with Crippen molar-refractivity contribution in [2.45, 2.75) is 13.1 Å². The lowest BCUT2D eigenvalue weighted by Gasteiger charge is -2.33. The van der Waals surface area contributed by atoms with Crippen molar-refractivity contribution >= 4 is 17.3 Å². The Balaban J connectivity index is 1.80. The van der Waals surface area contributed by atoms with Crippen LogP contribution in [-0.2, 0) is 0 Å². The van der Waals surface area contributed by atoms with Crippen molar-refractivity contribution in [2.24, 2.45) is 5.10 Å². The van der Waals surface area contributed by atoms with Crippen molar-refractivity contribution in [3.8, 4) is 5.75 Å². The molecule has 1 aliphatic heterocycles. The van der Waals surface area contributed by atoms with Crippen LogP contribution in [0, 0.1) is 0 Å². The molecule has 0 saturated carbocycles. The molecular weight excluding hydrogens is 330 g/mol. The quantitative estimate of drug-likeness (QED) is 0.703. The van der Waals surface area contributed by atoms with E-state index in [2.05, 4.69) is 10.4 Å². The number of phenols is 1. The number of nitrogens with one attached hydrogen (secondary N) is 1. The summed E-state index contributed by atoms with van der Waals surface area (Å²) in [5, 5.41) is 19.2. The van der Waals surface area contributed by atoms with Gasteiger partial charge in [-0.2, -0.15) is 10.1 Å². The molecule has 1 amide bonds. The Bertz CT molecular complexity index is 979. The number of carbonyl (C=O) groups is 1. The SMILES string of the molecule is CC(=NN1C(=O)c2ccccc2NC1c1ccco1)c1ccccc1O. The van der Waals surface area contributed by atoms with Gasteiger partial charge in [0.25, 0.3) is 5.91 Å². The molecule has 0 radical (unpaired) electrons. The van der Waals surface area contributed by atoms with Gasteiger partial charge in [0.05, 0.1) is 17.5 Å². The first-order valence-electron chi connectivity index (χ1n) is 8.21. The summed E-state index contributed by atoms with van der Waals surface area (Å²) in [5.41, 5.74) is 2.35. The maximum Gasteiger partial charge on any atom is 0.278 e. The number of hydrogen-bond acceptors (Lipinski definition) is 5. The van der Waals surface area contributed by atoms with Gasteiger partial charge >= 0.3 is 0 Å². The molecule has 0 spiro atoms. The standard InChI is InChI=1S/C20H17N3O3/c1-13(14-7-3-5-10-17(14)24)22-23-19(18-11-6-12-26-18)21-16-9-4-2-8-15(16)20(23)25/h2-12,19,21,24H,1H3. The normalized spacial score (nSPS) is 17.0. The van der Waals surface area contributed by atoms with Gasteiger partial charge in [0, 0.05) is 11.3 Å². The third-order valence-corrected chi connectivity index (χ3v) is 4.27. The summed E-state index contributed by atoms with van der Waals surface area (Å²) in [6.07, 6.45) is 0.980. The van der Waals surface area contributed by atoms with Crippen LogP contribution in [0.4, 0.5) is 5.69 Å². The lowest BCUT2D eigenvalue weighted by atomic mass is 10.1. The van der Waals surface area contributed by atoms with E-state index >= 15 is 0 Å². The lowest BCUT2D eigenvalue weighted by Crippen LogP contribution is -2.40. The Morgan fingerprint density at radius 3 is 2.65 bits per heavy atom. The minimum atomic E-state index is -0.576. The fourth-order valence-electron chi connectivity index (χ4n) is 2.98. The summed E-state index contributed by atoms with van der Waals surface area (Å²) in [6.45, 7) is 1.75. The number of rotatable bonds is 3. The zero-order chi connectivity index (χ0) is 18.1. The number of aromatic hydroxyl groups is 1. The summed E-state index contributed by atoms with van der Waals surface area (Å²) in [6, 6.07) is 17.7. The van der Waals surface area contributed by atoms with Crippen LogP contribution in [0.3, 0.4) is 0 Å². The number of furan rings is 1. The van der Waals surface area contributed by atoms with Gasteiger partial charge in [0.1, 0.15) is 11.5 Å². The van der Waals surface area contributed by atoms with E-state index in [1.165, 1.54) is 5.01 Å². The Kier molecular flexibility index (Phi) is 3.93. The summed E-state index contributed by atoms with van der Waals surface area (Å²) >= 11 is 0. The van der Waals surface area contributed by atoms with Crippen LogP contribution in [-0.4, -0.2) is 21.7 Å². The van der Waals surface area contributed by atoms with Crippen molar-refractivity contribution in [1.82, 2.24) is 5.01 Å². The highest BCUT2D eigenvalue weighted by molar-refractivity contribution is 6.05. The summed E-state index contributed by atoms with van der Waals surface area (Å²) < 4.78 is 5.50. The number of carbonyl (C=O) groups excluding carboxylic acids is 1. The van der Waals surface area contributed by atoms with E-state index in [-0.39, 0.29) is 11.7 Å². The van der Waals surface area contributed by atoms with Crippen LogP contribution >= 0.6 is 0 Å². The molecule has 2 heterocycles. The Morgan fingerprint density at radius 2 is 1.88 bits per heavy atom. The molecule has 2 N–H and O–H groups in total. The number of hydrogen-bond donors (Lipinski definition) is 2. The monoisotopic (exact) mass is 347 g/mol. The maximum absolute atomic E-state index is 13.0. The van der Waals surface area contributed by atoms with Crippen LogP contribution in [0.15, 0.2) is 76.4 Å². The van der Waals surface area contributed by atoms with Crippen molar-refractivity contribution in [3.63, 3.8) is 0 Å². The Hall–Kier alpha value is -3.54. The second kappa shape index (κ2) is 6.40. The number of para-hydroxylation sites is 2. The lowest BCUT2D eigenvalue weighted by molar-refractivity contribution is 0.0670. The van der Waals surface area contributed by atoms with Crippen molar-refractivity contribution in [1.29, 1.82) is 0 Å². The van der Waals surface area contributed by atoms with Gasteiger partial charge in [0.15, 0.2) is 6.17 Å². The highest BCUT2D eigenvalue weighted by Crippen LogP contribution is 2.34. The molecule has 1 aromatic heterocycles. The summed E-state index contributed by atoms with van der Waals surface area (Å²) in [4.78, 5) is 13.0. The fourth-order valence-corrected chi connectivity index (χ4v) is 2.98.